The molecule has 0 aliphatic carbocycles. The van der Waals surface area contributed by atoms with E-state index in [0.717, 1.165) is 23.7 Å². The number of rotatable bonds is 2. The van der Waals surface area contributed by atoms with Crippen LogP contribution in [0.1, 0.15) is 30.1 Å². The Kier molecular flexibility index (Phi) is 2.81. The highest BCUT2D eigenvalue weighted by Gasteiger charge is 2.40. The molecule has 1 N–H and O–H groups in total. The van der Waals surface area contributed by atoms with Crippen LogP contribution in [-0.2, 0) is 17.8 Å². The highest BCUT2D eigenvalue weighted by molar-refractivity contribution is 6.31. The van der Waals surface area contributed by atoms with Crippen molar-refractivity contribution in [1.29, 1.82) is 0 Å². The Balaban J connectivity index is 2.02. The molecule has 2 unspecified atom stereocenters. The average Bonchev–Trinajstić information content (AvgIpc) is 2.83. The summed E-state index contributed by atoms with van der Waals surface area (Å²) in [6.07, 6.45) is 3.26. The third kappa shape index (κ3) is 1.82. The molecule has 0 saturated carbocycles. The zero-order valence-corrected chi connectivity index (χ0v) is 12.6. The molecule has 0 amide bonds. The van der Waals surface area contributed by atoms with Gasteiger partial charge >= 0.3 is 5.97 Å². The average molecular weight is 305 g/mol. The van der Waals surface area contributed by atoms with Crippen molar-refractivity contribution in [2.75, 3.05) is 7.05 Å². The first-order chi connectivity index (χ1) is 10.1. The lowest BCUT2D eigenvalue weighted by Crippen LogP contribution is -2.35. The van der Waals surface area contributed by atoms with Crippen molar-refractivity contribution in [2.45, 2.75) is 37.9 Å². The van der Waals surface area contributed by atoms with Crippen LogP contribution in [0.5, 0.6) is 0 Å². The maximum Gasteiger partial charge on any atom is 0.323 e. The summed E-state index contributed by atoms with van der Waals surface area (Å²) in [5.41, 5.74) is 3.48. The molecule has 3 heterocycles. The fraction of sp³-hybridized carbons (Fsp3) is 0.438. The molecule has 21 heavy (non-hydrogen) atoms. The summed E-state index contributed by atoms with van der Waals surface area (Å²) >= 11 is 6.17. The number of hydrogen-bond donors (Lipinski definition) is 1. The van der Waals surface area contributed by atoms with E-state index in [9.17, 15) is 9.90 Å². The van der Waals surface area contributed by atoms with Gasteiger partial charge in [0.05, 0.1) is 0 Å². The van der Waals surface area contributed by atoms with E-state index in [2.05, 4.69) is 11.9 Å². The first-order valence-electron chi connectivity index (χ1n) is 7.30. The Morgan fingerprint density at radius 2 is 2.24 bits per heavy atom. The van der Waals surface area contributed by atoms with E-state index in [1.807, 2.05) is 22.8 Å². The van der Waals surface area contributed by atoms with E-state index >= 15 is 0 Å². The first-order valence-corrected chi connectivity index (χ1v) is 7.68. The zero-order chi connectivity index (χ0) is 14.7. The molecule has 0 spiro atoms. The molecule has 2 atom stereocenters. The molecule has 2 aliphatic rings. The monoisotopic (exact) mass is 304 g/mol. The third-order valence-corrected chi connectivity index (χ3v) is 5.31. The second-order valence-corrected chi connectivity index (χ2v) is 6.55. The standard InChI is InChI=1S/C16H17ClN2O2/c1-18-10-3-5-13(18)16-11-6-9(17)2-4-12(11)19(8-15(20)21)14(16)7-10/h2,4,6,10,13H,3,5,7-8H2,1H3,(H,20,21). The van der Waals surface area contributed by atoms with Crippen LogP contribution < -0.4 is 0 Å². The molecule has 2 aromatic rings. The zero-order valence-electron chi connectivity index (χ0n) is 11.8. The maximum absolute atomic E-state index is 11.2. The van der Waals surface area contributed by atoms with Crippen molar-refractivity contribution in [2.24, 2.45) is 0 Å². The maximum atomic E-state index is 11.2. The Morgan fingerprint density at radius 3 is 3.00 bits per heavy atom. The van der Waals surface area contributed by atoms with Gasteiger partial charge in [-0.2, -0.15) is 0 Å². The van der Waals surface area contributed by atoms with Crippen molar-refractivity contribution in [3.05, 3.63) is 34.5 Å². The van der Waals surface area contributed by atoms with Crippen LogP contribution in [0.3, 0.4) is 0 Å². The summed E-state index contributed by atoms with van der Waals surface area (Å²) in [5, 5.41) is 11.1. The molecular weight excluding hydrogens is 288 g/mol. The molecule has 110 valence electrons. The van der Waals surface area contributed by atoms with Gasteiger partial charge in [0.2, 0.25) is 0 Å². The predicted molar refractivity (Wildman–Crippen MR) is 81.8 cm³/mol. The highest BCUT2D eigenvalue weighted by atomic mass is 35.5. The summed E-state index contributed by atoms with van der Waals surface area (Å²) in [4.78, 5) is 13.7. The summed E-state index contributed by atoms with van der Waals surface area (Å²) in [6.45, 7) is 0.0244. The van der Waals surface area contributed by atoms with Crippen molar-refractivity contribution in [3.63, 3.8) is 0 Å². The van der Waals surface area contributed by atoms with Gasteiger partial charge in [-0.1, -0.05) is 11.6 Å². The molecule has 4 nitrogen and oxygen atoms in total. The molecule has 5 heteroatoms. The van der Waals surface area contributed by atoms with Crippen LogP contribution >= 0.6 is 11.6 Å². The van der Waals surface area contributed by atoms with Gasteiger partial charge in [-0.3, -0.25) is 9.69 Å². The number of benzene rings is 1. The van der Waals surface area contributed by atoms with Gasteiger partial charge in [-0.05, 0) is 43.7 Å². The van der Waals surface area contributed by atoms with Crippen molar-refractivity contribution in [1.82, 2.24) is 9.47 Å². The van der Waals surface area contributed by atoms with Gasteiger partial charge in [0.15, 0.2) is 0 Å². The van der Waals surface area contributed by atoms with Gasteiger partial charge in [-0.15, -0.1) is 0 Å². The molecule has 1 aromatic heterocycles. The lowest BCUT2D eigenvalue weighted by atomic mass is 9.97. The van der Waals surface area contributed by atoms with Gasteiger partial charge in [0, 0.05) is 40.1 Å². The Labute approximate surface area is 127 Å². The number of carboxylic acids is 1. The van der Waals surface area contributed by atoms with Crippen LogP contribution in [0.25, 0.3) is 10.9 Å². The molecule has 4 rings (SSSR count). The minimum absolute atomic E-state index is 0.0244. The number of aromatic nitrogens is 1. The molecule has 1 saturated heterocycles. The van der Waals surface area contributed by atoms with Gasteiger partial charge < -0.3 is 9.67 Å². The quantitative estimate of drug-likeness (QED) is 0.927. The first kappa shape index (κ1) is 13.2. The number of likely N-dealkylation sites (N-methyl/N-ethyl adjacent to an activating group) is 1. The van der Waals surface area contributed by atoms with Crippen LogP contribution in [0.2, 0.25) is 5.02 Å². The third-order valence-electron chi connectivity index (χ3n) is 5.07. The molecule has 0 radical (unpaired) electrons. The number of aliphatic carboxylic acids is 1. The Morgan fingerprint density at radius 1 is 1.43 bits per heavy atom. The topological polar surface area (TPSA) is 45.5 Å². The summed E-state index contributed by atoms with van der Waals surface area (Å²) in [5.74, 6) is -0.795. The molecule has 2 aliphatic heterocycles. The van der Waals surface area contributed by atoms with Crippen LogP contribution in [-0.4, -0.2) is 33.6 Å². The van der Waals surface area contributed by atoms with Crippen molar-refractivity contribution >= 4 is 28.5 Å². The fourth-order valence-corrected chi connectivity index (χ4v) is 4.31. The van der Waals surface area contributed by atoms with Crippen LogP contribution in [0.4, 0.5) is 0 Å². The van der Waals surface area contributed by atoms with Crippen molar-refractivity contribution < 1.29 is 9.90 Å². The second kappa shape index (κ2) is 4.49. The van der Waals surface area contributed by atoms with E-state index in [1.165, 1.54) is 17.7 Å². The van der Waals surface area contributed by atoms with Gasteiger partial charge in [0.25, 0.3) is 0 Å². The minimum atomic E-state index is -0.795. The number of carboxylic acid groups (broad SMARTS) is 1. The number of halogens is 1. The summed E-state index contributed by atoms with van der Waals surface area (Å²) in [6, 6.07) is 6.72. The normalized spacial score (nSPS) is 24.5. The molecule has 1 fully saturated rings. The van der Waals surface area contributed by atoms with Crippen molar-refractivity contribution in [3.8, 4) is 0 Å². The Bertz CT molecular complexity index is 752. The number of carbonyl (C=O) groups is 1. The summed E-state index contributed by atoms with van der Waals surface area (Å²) in [7, 11) is 2.18. The lowest BCUT2D eigenvalue weighted by Gasteiger charge is -2.32. The SMILES string of the molecule is CN1C2CCC1c1c(n(CC(=O)O)c3ccc(Cl)cc13)C2. The molecule has 1 aromatic carbocycles. The number of hydrogen-bond acceptors (Lipinski definition) is 2. The van der Waals surface area contributed by atoms with Crippen LogP contribution in [0, 0.1) is 0 Å². The van der Waals surface area contributed by atoms with E-state index in [1.54, 1.807) is 0 Å². The highest BCUT2D eigenvalue weighted by Crippen LogP contribution is 2.47. The predicted octanol–water partition coefficient (Wildman–Crippen LogP) is 3.07. The lowest BCUT2D eigenvalue weighted by molar-refractivity contribution is -0.137. The fourth-order valence-electron chi connectivity index (χ4n) is 4.14. The number of fused-ring (bicyclic) bond motifs is 6. The largest absolute Gasteiger partial charge is 0.480 e. The van der Waals surface area contributed by atoms with E-state index in [0.29, 0.717) is 17.1 Å². The number of nitrogens with zero attached hydrogens (tertiary/aromatic N) is 2. The van der Waals surface area contributed by atoms with E-state index < -0.39 is 5.97 Å². The second-order valence-electron chi connectivity index (χ2n) is 6.12. The molecular formula is C16H17ClN2O2. The van der Waals surface area contributed by atoms with E-state index in [4.69, 9.17) is 11.6 Å². The minimum Gasteiger partial charge on any atom is -0.480 e. The molecule has 2 bridgehead atoms. The van der Waals surface area contributed by atoms with Gasteiger partial charge in [0.1, 0.15) is 6.54 Å². The summed E-state index contributed by atoms with van der Waals surface area (Å²) < 4.78 is 1.97. The van der Waals surface area contributed by atoms with E-state index in [-0.39, 0.29) is 6.54 Å². The smallest absolute Gasteiger partial charge is 0.323 e. The Hall–Kier alpha value is -1.52. The van der Waals surface area contributed by atoms with Gasteiger partial charge in [-0.25, -0.2) is 0 Å². The van der Waals surface area contributed by atoms with Crippen LogP contribution in [0.15, 0.2) is 18.2 Å².